The Hall–Kier alpha value is -2.70. The minimum atomic E-state index is -0.615. The van der Waals surface area contributed by atoms with E-state index in [1.54, 1.807) is 17.8 Å². The van der Waals surface area contributed by atoms with Crippen LogP contribution in [0.1, 0.15) is 18.6 Å². The Balaban J connectivity index is 1.75. The van der Waals surface area contributed by atoms with E-state index >= 15 is 0 Å². The molecule has 2 heterocycles. The van der Waals surface area contributed by atoms with Crippen LogP contribution in [-0.2, 0) is 7.05 Å². The maximum Gasteiger partial charge on any atom is 0.225 e. The average Bonchev–Trinajstić information content (AvgIpc) is 3.11. The van der Waals surface area contributed by atoms with Crippen LogP contribution in [0.3, 0.4) is 0 Å². The molecular formula is C20H15Cl2FN4O. The highest BCUT2D eigenvalue weighted by Crippen LogP contribution is 2.36. The van der Waals surface area contributed by atoms with Crippen molar-refractivity contribution in [2.75, 3.05) is 0 Å². The monoisotopic (exact) mass is 416 g/mol. The Labute approximate surface area is 170 Å². The molecule has 0 spiro atoms. The molecule has 2 aromatic carbocycles. The minimum Gasteiger partial charge on any atom is -0.469 e. The van der Waals surface area contributed by atoms with Gasteiger partial charge in [0.1, 0.15) is 18.2 Å². The second kappa shape index (κ2) is 7.37. The summed E-state index contributed by atoms with van der Waals surface area (Å²) in [5, 5.41) is 5.19. The Bertz CT molecular complexity index is 1180. The van der Waals surface area contributed by atoms with Crippen molar-refractivity contribution in [2.24, 2.45) is 7.05 Å². The third-order valence-electron chi connectivity index (χ3n) is 4.41. The molecular weight excluding hydrogens is 402 g/mol. The molecule has 4 aromatic rings. The van der Waals surface area contributed by atoms with Crippen molar-refractivity contribution < 1.29 is 9.13 Å². The highest BCUT2D eigenvalue weighted by Gasteiger charge is 2.20. The van der Waals surface area contributed by atoms with Gasteiger partial charge in [-0.3, -0.25) is 4.68 Å². The van der Waals surface area contributed by atoms with Crippen LogP contribution in [-0.4, -0.2) is 19.7 Å². The van der Waals surface area contributed by atoms with Gasteiger partial charge in [0.2, 0.25) is 5.88 Å². The average molecular weight is 417 g/mol. The van der Waals surface area contributed by atoms with Gasteiger partial charge in [-0.25, -0.2) is 14.4 Å². The number of aromatic nitrogens is 4. The molecule has 0 bridgehead atoms. The van der Waals surface area contributed by atoms with Crippen LogP contribution in [0.4, 0.5) is 4.39 Å². The van der Waals surface area contributed by atoms with Gasteiger partial charge in [0.15, 0.2) is 0 Å². The van der Waals surface area contributed by atoms with Crippen LogP contribution in [0.5, 0.6) is 5.88 Å². The zero-order chi connectivity index (χ0) is 19.8. The van der Waals surface area contributed by atoms with E-state index in [2.05, 4.69) is 15.1 Å². The number of hydrogen-bond donors (Lipinski definition) is 0. The Morgan fingerprint density at radius 3 is 2.68 bits per heavy atom. The Morgan fingerprint density at radius 1 is 1.11 bits per heavy atom. The molecule has 1 atom stereocenters. The Morgan fingerprint density at radius 2 is 1.93 bits per heavy atom. The van der Waals surface area contributed by atoms with Crippen molar-refractivity contribution in [3.05, 3.63) is 70.5 Å². The van der Waals surface area contributed by atoms with Crippen LogP contribution in [0, 0.1) is 5.82 Å². The van der Waals surface area contributed by atoms with E-state index in [4.69, 9.17) is 27.9 Å². The van der Waals surface area contributed by atoms with Crippen molar-refractivity contribution in [1.82, 2.24) is 19.7 Å². The molecule has 0 saturated carbocycles. The Kier molecular flexibility index (Phi) is 4.91. The molecule has 142 valence electrons. The predicted octanol–water partition coefficient (Wildman–Crippen LogP) is 5.62. The lowest BCUT2D eigenvalue weighted by molar-refractivity contribution is 0.220. The summed E-state index contributed by atoms with van der Waals surface area (Å²) in [7, 11) is 1.86. The first kappa shape index (κ1) is 18.7. The molecule has 0 aliphatic rings. The van der Waals surface area contributed by atoms with E-state index in [-0.39, 0.29) is 5.02 Å². The van der Waals surface area contributed by atoms with Gasteiger partial charge in [-0.15, -0.1) is 0 Å². The van der Waals surface area contributed by atoms with E-state index in [0.29, 0.717) is 16.5 Å². The predicted molar refractivity (Wildman–Crippen MR) is 107 cm³/mol. The molecule has 28 heavy (non-hydrogen) atoms. The summed E-state index contributed by atoms with van der Waals surface area (Å²) in [5.41, 5.74) is 3.01. The molecule has 2 aromatic heterocycles. The largest absolute Gasteiger partial charge is 0.469 e. The smallest absolute Gasteiger partial charge is 0.225 e. The van der Waals surface area contributed by atoms with Crippen LogP contribution in [0.25, 0.3) is 22.0 Å². The van der Waals surface area contributed by atoms with Crippen molar-refractivity contribution in [1.29, 1.82) is 0 Å². The fourth-order valence-corrected chi connectivity index (χ4v) is 3.70. The van der Waals surface area contributed by atoms with Crippen LogP contribution >= 0.6 is 23.2 Å². The van der Waals surface area contributed by atoms with E-state index in [0.717, 1.165) is 22.0 Å². The molecule has 5 nitrogen and oxygen atoms in total. The first-order chi connectivity index (χ1) is 13.4. The normalized spacial score (nSPS) is 12.3. The molecule has 0 fully saturated rings. The first-order valence-electron chi connectivity index (χ1n) is 8.48. The van der Waals surface area contributed by atoms with Gasteiger partial charge in [-0.2, -0.15) is 5.10 Å². The summed E-state index contributed by atoms with van der Waals surface area (Å²) in [5.74, 6) is -0.192. The van der Waals surface area contributed by atoms with Gasteiger partial charge in [0.25, 0.3) is 0 Å². The first-order valence-corrected chi connectivity index (χ1v) is 9.23. The van der Waals surface area contributed by atoms with Crippen LogP contribution in [0.15, 0.2) is 49.1 Å². The summed E-state index contributed by atoms with van der Waals surface area (Å²) in [4.78, 5) is 8.55. The zero-order valence-electron chi connectivity index (χ0n) is 15.0. The molecule has 0 saturated heterocycles. The van der Waals surface area contributed by atoms with Gasteiger partial charge in [-0.05, 0) is 36.8 Å². The van der Waals surface area contributed by atoms with Gasteiger partial charge in [0, 0.05) is 29.4 Å². The summed E-state index contributed by atoms with van der Waals surface area (Å²) in [6.07, 6.45) is 4.50. The second-order valence-electron chi connectivity index (χ2n) is 6.33. The van der Waals surface area contributed by atoms with Crippen molar-refractivity contribution in [3.8, 4) is 17.0 Å². The zero-order valence-corrected chi connectivity index (χ0v) is 16.5. The summed E-state index contributed by atoms with van der Waals surface area (Å²) >= 11 is 12.3. The number of benzene rings is 2. The van der Waals surface area contributed by atoms with Gasteiger partial charge in [-0.1, -0.05) is 29.3 Å². The number of hydrogen-bond acceptors (Lipinski definition) is 4. The van der Waals surface area contributed by atoms with Crippen LogP contribution in [0.2, 0.25) is 10.0 Å². The highest BCUT2D eigenvalue weighted by molar-refractivity contribution is 6.36. The molecule has 0 aliphatic heterocycles. The standard InChI is InChI=1S/C20H15Cl2FN4O/c1-11(18-15(21)4-5-16(23)19(18)22)28-20-14-7-12(13-8-26-27(2)9-13)3-6-17(14)24-10-25-20/h3-11H,1-2H3. The van der Waals surface area contributed by atoms with E-state index in [9.17, 15) is 4.39 Å². The third kappa shape index (κ3) is 3.41. The highest BCUT2D eigenvalue weighted by atomic mass is 35.5. The number of rotatable bonds is 4. The van der Waals surface area contributed by atoms with Gasteiger partial charge in [0.05, 0.1) is 22.1 Å². The molecule has 0 radical (unpaired) electrons. The molecule has 1 unspecified atom stereocenters. The molecule has 4 rings (SSSR count). The fourth-order valence-electron chi connectivity index (χ4n) is 3.02. The number of nitrogens with zero attached hydrogens (tertiary/aromatic N) is 4. The maximum atomic E-state index is 13.9. The fraction of sp³-hybridized carbons (Fsp3) is 0.150. The molecule has 0 aliphatic carbocycles. The number of aryl methyl sites for hydroxylation is 1. The van der Waals surface area contributed by atoms with E-state index < -0.39 is 11.9 Å². The molecule has 8 heteroatoms. The van der Waals surface area contributed by atoms with Crippen molar-refractivity contribution >= 4 is 34.1 Å². The van der Waals surface area contributed by atoms with Crippen molar-refractivity contribution in [2.45, 2.75) is 13.0 Å². The molecule has 0 N–H and O–H groups in total. The summed E-state index contributed by atoms with van der Waals surface area (Å²) < 4.78 is 21.6. The SMILES string of the molecule is CC(Oc1ncnc2ccc(-c3cnn(C)c3)cc12)c1c(Cl)ccc(F)c1Cl. The topological polar surface area (TPSA) is 52.8 Å². The van der Waals surface area contributed by atoms with Crippen molar-refractivity contribution in [3.63, 3.8) is 0 Å². The number of halogens is 3. The lowest BCUT2D eigenvalue weighted by Crippen LogP contribution is -2.07. The summed E-state index contributed by atoms with van der Waals surface area (Å²) in [6, 6.07) is 8.46. The second-order valence-corrected chi connectivity index (χ2v) is 7.12. The van der Waals surface area contributed by atoms with E-state index in [1.165, 1.54) is 18.5 Å². The quantitative estimate of drug-likeness (QED) is 0.405. The maximum absolute atomic E-state index is 13.9. The molecule has 0 amide bonds. The van der Waals surface area contributed by atoms with Crippen LogP contribution < -0.4 is 4.74 Å². The van der Waals surface area contributed by atoms with Gasteiger partial charge >= 0.3 is 0 Å². The summed E-state index contributed by atoms with van der Waals surface area (Å²) in [6.45, 7) is 1.74. The van der Waals surface area contributed by atoms with E-state index in [1.807, 2.05) is 31.4 Å². The lowest BCUT2D eigenvalue weighted by Gasteiger charge is -2.18. The minimum absolute atomic E-state index is 0.0607. The van der Waals surface area contributed by atoms with Gasteiger partial charge < -0.3 is 4.74 Å². The number of ether oxygens (including phenoxy) is 1. The third-order valence-corrected chi connectivity index (χ3v) is 5.13. The number of fused-ring (bicyclic) bond motifs is 1. The lowest BCUT2D eigenvalue weighted by atomic mass is 10.1.